The third-order valence-electron chi connectivity index (χ3n) is 7.18. The topological polar surface area (TPSA) is 95.9 Å². The first-order valence-corrected chi connectivity index (χ1v) is 12.0. The lowest BCUT2D eigenvalue weighted by Crippen LogP contribution is -2.57. The fourth-order valence-corrected chi connectivity index (χ4v) is 5.21. The standard InChI is InChI=1S/C26H30N8O/c1-16-12-28-21-7-6-20(10-22(21)29-16)19(4)33-13-18(3)34(14-17(33)2)23-11-25(35)31(5)24-15-32(9-8-27)30-26(23)24/h6-7,10-12,15,17-19H,9,13-14H2,1-5H3/t17-,18+,19-/m1/s1. The average molecular weight is 471 g/mol. The minimum atomic E-state index is -0.0766. The van der Waals surface area contributed by atoms with Crippen LogP contribution in [0, 0.1) is 18.3 Å². The first-order valence-electron chi connectivity index (χ1n) is 12.0. The monoisotopic (exact) mass is 470 g/mol. The summed E-state index contributed by atoms with van der Waals surface area (Å²) in [6.45, 7) is 10.4. The summed E-state index contributed by atoms with van der Waals surface area (Å²) in [6.07, 6.45) is 3.58. The Labute approximate surface area is 204 Å². The molecule has 0 aliphatic carbocycles. The number of benzene rings is 1. The van der Waals surface area contributed by atoms with Gasteiger partial charge in [0.05, 0.1) is 40.2 Å². The quantitative estimate of drug-likeness (QED) is 0.452. The van der Waals surface area contributed by atoms with Crippen LogP contribution in [0.5, 0.6) is 0 Å². The van der Waals surface area contributed by atoms with Gasteiger partial charge in [0.25, 0.3) is 5.56 Å². The number of nitrogens with zero attached hydrogens (tertiary/aromatic N) is 8. The summed E-state index contributed by atoms with van der Waals surface area (Å²) in [5.41, 5.74) is 6.21. The first kappa shape index (κ1) is 23.0. The van der Waals surface area contributed by atoms with Gasteiger partial charge in [-0.2, -0.15) is 10.4 Å². The maximum atomic E-state index is 12.8. The number of aryl methyl sites for hydroxylation is 2. The van der Waals surface area contributed by atoms with Crippen molar-refractivity contribution in [1.82, 2.24) is 29.2 Å². The lowest BCUT2D eigenvalue weighted by atomic mass is 9.99. The Kier molecular flexibility index (Phi) is 5.77. The molecule has 1 aromatic carbocycles. The Balaban J connectivity index is 1.45. The minimum Gasteiger partial charge on any atom is -0.364 e. The Morgan fingerprint density at radius 2 is 1.97 bits per heavy atom. The Hall–Kier alpha value is -3.77. The zero-order valence-electron chi connectivity index (χ0n) is 20.8. The molecule has 9 nitrogen and oxygen atoms in total. The van der Waals surface area contributed by atoms with Crippen molar-refractivity contribution in [1.29, 1.82) is 5.26 Å². The summed E-state index contributed by atoms with van der Waals surface area (Å²) in [6, 6.07) is 10.8. The molecule has 0 saturated carbocycles. The second kappa shape index (κ2) is 8.78. The van der Waals surface area contributed by atoms with Crippen LogP contribution in [0.15, 0.2) is 41.5 Å². The molecule has 0 radical (unpaired) electrons. The number of fused-ring (bicyclic) bond motifs is 2. The maximum Gasteiger partial charge on any atom is 0.252 e. The molecule has 1 fully saturated rings. The molecule has 5 rings (SSSR count). The van der Waals surface area contributed by atoms with E-state index in [1.165, 1.54) is 5.56 Å². The van der Waals surface area contributed by atoms with Gasteiger partial charge in [0, 0.05) is 50.5 Å². The predicted molar refractivity (Wildman–Crippen MR) is 136 cm³/mol. The van der Waals surface area contributed by atoms with Crippen molar-refractivity contribution in [2.24, 2.45) is 7.05 Å². The van der Waals surface area contributed by atoms with Gasteiger partial charge in [0.1, 0.15) is 12.1 Å². The van der Waals surface area contributed by atoms with Gasteiger partial charge in [-0.15, -0.1) is 0 Å². The maximum absolute atomic E-state index is 12.8. The van der Waals surface area contributed by atoms with Crippen LogP contribution < -0.4 is 10.5 Å². The number of hydrogen-bond donors (Lipinski definition) is 0. The number of anilines is 1. The molecule has 0 amide bonds. The van der Waals surface area contributed by atoms with E-state index in [-0.39, 0.29) is 30.2 Å². The number of aromatic nitrogens is 5. The fraction of sp³-hybridized carbons (Fsp3) is 0.423. The number of nitriles is 1. The van der Waals surface area contributed by atoms with E-state index in [4.69, 9.17) is 5.26 Å². The summed E-state index contributed by atoms with van der Waals surface area (Å²) in [7, 11) is 1.74. The van der Waals surface area contributed by atoms with Gasteiger partial charge in [0.15, 0.2) is 0 Å². The highest BCUT2D eigenvalue weighted by molar-refractivity contribution is 5.88. The van der Waals surface area contributed by atoms with Crippen molar-refractivity contribution in [2.45, 2.75) is 52.4 Å². The molecule has 180 valence electrons. The second-order valence-electron chi connectivity index (χ2n) is 9.63. The molecule has 3 aromatic heterocycles. The highest BCUT2D eigenvalue weighted by atomic mass is 16.1. The van der Waals surface area contributed by atoms with Gasteiger partial charge in [-0.05, 0) is 45.4 Å². The van der Waals surface area contributed by atoms with E-state index >= 15 is 0 Å². The van der Waals surface area contributed by atoms with E-state index in [0.29, 0.717) is 0 Å². The molecule has 0 spiro atoms. The minimum absolute atomic E-state index is 0.0766. The molecule has 1 aliphatic heterocycles. The van der Waals surface area contributed by atoms with Crippen molar-refractivity contribution in [3.63, 3.8) is 0 Å². The van der Waals surface area contributed by atoms with Crippen LogP contribution in [0.2, 0.25) is 0 Å². The summed E-state index contributed by atoms with van der Waals surface area (Å²) in [4.78, 5) is 26.7. The van der Waals surface area contributed by atoms with E-state index in [1.807, 2.05) is 13.0 Å². The molecule has 1 saturated heterocycles. The highest BCUT2D eigenvalue weighted by Gasteiger charge is 2.34. The Morgan fingerprint density at radius 3 is 2.74 bits per heavy atom. The molecule has 3 atom stereocenters. The molecular formula is C26H30N8O. The third kappa shape index (κ3) is 4.04. The average Bonchev–Trinajstić information content (AvgIpc) is 3.26. The molecule has 0 unspecified atom stereocenters. The molecule has 35 heavy (non-hydrogen) atoms. The Morgan fingerprint density at radius 1 is 1.17 bits per heavy atom. The summed E-state index contributed by atoms with van der Waals surface area (Å²) in [5, 5.41) is 13.8. The summed E-state index contributed by atoms with van der Waals surface area (Å²) in [5.74, 6) is 0. The van der Waals surface area contributed by atoms with Crippen molar-refractivity contribution >= 4 is 27.8 Å². The van der Waals surface area contributed by atoms with Crippen molar-refractivity contribution in [3.05, 3.63) is 58.3 Å². The van der Waals surface area contributed by atoms with Crippen molar-refractivity contribution in [3.8, 4) is 6.07 Å². The number of hydrogen-bond acceptors (Lipinski definition) is 7. The third-order valence-corrected chi connectivity index (χ3v) is 7.18. The van der Waals surface area contributed by atoms with Gasteiger partial charge in [-0.25, -0.2) is 4.98 Å². The summed E-state index contributed by atoms with van der Waals surface area (Å²) >= 11 is 0. The molecule has 0 bridgehead atoms. The van der Waals surface area contributed by atoms with Gasteiger partial charge >= 0.3 is 0 Å². The Bertz CT molecular complexity index is 1510. The number of rotatable bonds is 4. The second-order valence-corrected chi connectivity index (χ2v) is 9.63. The molecule has 1 aliphatic rings. The SMILES string of the molecule is Cc1cnc2ccc([C@@H](C)N3C[C@H](C)N(c4cc(=O)n(C)c5cn(CC#N)nc45)C[C@H]3C)cc2n1. The molecule has 9 heteroatoms. The van der Waals surface area contributed by atoms with E-state index in [0.717, 1.165) is 46.5 Å². The van der Waals surface area contributed by atoms with E-state index < -0.39 is 0 Å². The lowest BCUT2D eigenvalue weighted by Gasteiger charge is -2.47. The molecule has 0 N–H and O–H groups in total. The normalized spacial score (nSPS) is 19.8. The van der Waals surface area contributed by atoms with E-state index in [2.05, 4.69) is 63.8 Å². The largest absolute Gasteiger partial charge is 0.364 e. The van der Waals surface area contributed by atoms with Gasteiger partial charge in [0.2, 0.25) is 0 Å². The van der Waals surface area contributed by atoms with Crippen LogP contribution in [0.4, 0.5) is 5.69 Å². The predicted octanol–water partition coefficient (Wildman–Crippen LogP) is 3.17. The van der Waals surface area contributed by atoms with Gasteiger partial charge in [-0.1, -0.05) is 6.07 Å². The first-order chi connectivity index (χ1) is 16.8. The van der Waals surface area contributed by atoms with Crippen LogP contribution in [0.3, 0.4) is 0 Å². The van der Waals surface area contributed by atoms with Gasteiger partial charge < -0.3 is 9.47 Å². The molecule has 4 heterocycles. The van der Waals surface area contributed by atoms with Crippen LogP contribution in [-0.4, -0.2) is 54.4 Å². The van der Waals surface area contributed by atoms with Crippen LogP contribution in [0.25, 0.3) is 22.1 Å². The lowest BCUT2D eigenvalue weighted by molar-refractivity contribution is 0.119. The molecule has 4 aromatic rings. The van der Waals surface area contributed by atoms with Gasteiger partial charge in [-0.3, -0.25) is 19.4 Å². The number of piperazine rings is 1. The van der Waals surface area contributed by atoms with Crippen molar-refractivity contribution in [2.75, 3.05) is 18.0 Å². The van der Waals surface area contributed by atoms with E-state index in [9.17, 15) is 4.79 Å². The highest BCUT2D eigenvalue weighted by Crippen LogP contribution is 2.33. The summed E-state index contributed by atoms with van der Waals surface area (Å²) < 4.78 is 3.20. The van der Waals surface area contributed by atoms with Crippen LogP contribution in [-0.2, 0) is 13.6 Å². The van der Waals surface area contributed by atoms with Crippen LogP contribution >= 0.6 is 0 Å². The molecular weight excluding hydrogens is 440 g/mol. The smallest absolute Gasteiger partial charge is 0.252 e. The van der Waals surface area contributed by atoms with Crippen LogP contribution in [0.1, 0.15) is 38.1 Å². The zero-order chi connectivity index (χ0) is 24.9. The fourth-order valence-electron chi connectivity index (χ4n) is 5.21. The van der Waals surface area contributed by atoms with Crippen molar-refractivity contribution < 1.29 is 0 Å². The zero-order valence-corrected chi connectivity index (χ0v) is 20.8. The van der Waals surface area contributed by atoms with E-state index in [1.54, 1.807) is 34.8 Å². The number of pyridine rings is 1.